The first-order valence-electron chi connectivity index (χ1n) is 6.06. The molecule has 0 saturated carbocycles. The van der Waals surface area contributed by atoms with Gasteiger partial charge in [-0.05, 0) is 24.3 Å². The summed E-state index contributed by atoms with van der Waals surface area (Å²) in [6.45, 7) is 0. The fourth-order valence-electron chi connectivity index (χ4n) is 2.02. The molecule has 2 aromatic carbocycles. The third kappa shape index (κ3) is 5.92. The first-order chi connectivity index (χ1) is 10.8. The molecule has 0 aliphatic carbocycles. The van der Waals surface area contributed by atoms with E-state index in [1.165, 1.54) is 0 Å². The SMILES string of the molecule is N[C@H](c1c(Cl)cccc1Cl)[C@@H](N)c1c(Cl)cccc1Cl.[Cl][Pt][Cl]. The van der Waals surface area contributed by atoms with Crippen LogP contribution >= 0.6 is 65.2 Å². The molecule has 2 nitrogen and oxygen atoms in total. The van der Waals surface area contributed by atoms with Gasteiger partial charge in [0, 0.05) is 31.2 Å². The van der Waals surface area contributed by atoms with Gasteiger partial charge in [-0.25, -0.2) is 0 Å². The molecule has 23 heavy (non-hydrogen) atoms. The Bertz CT molecular complexity index is 559. The Hall–Kier alpha value is 0.788. The quantitative estimate of drug-likeness (QED) is 0.421. The molecule has 2 rings (SSSR count). The molecule has 9 heteroatoms. The van der Waals surface area contributed by atoms with Crippen molar-refractivity contribution in [1.82, 2.24) is 0 Å². The summed E-state index contributed by atoms with van der Waals surface area (Å²) in [6.07, 6.45) is 0. The van der Waals surface area contributed by atoms with Gasteiger partial charge in [0.1, 0.15) is 0 Å². The molecule has 0 unspecified atom stereocenters. The molecular formula is C14H12Cl6N2Pt. The van der Waals surface area contributed by atoms with Crippen molar-refractivity contribution < 1.29 is 16.5 Å². The molecule has 0 amide bonds. The van der Waals surface area contributed by atoms with Gasteiger partial charge in [-0.1, -0.05) is 58.5 Å². The number of halogens is 6. The van der Waals surface area contributed by atoms with Crippen LogP contribution in [0.3, 0.4) is 0 Å². The van der Waals surface area contributed by atoms with E-state index >= 15 is 0 Å². The van der Waals surface area contributed by atoms with E-state index in [1.807, 2.05) is 0 Å². The van der Waals surface area contributed by atoms with Gasteiger partial charge >= 0.3 is 35.3 Å². The molecule has 0 aromatic heterocycles. The van der Waals surface area contributed by atoms with Crippen LogP contribution < -0.4 is 11.5 Å². The summed E-state index contributed by atoms with van der Waals surface area (Å²) in [7, 11) is 9.75. The summed E-state index contributed by atoms with van der Waals surface area (Å²) >= 11 is 24.1. The Kier molecular flexibility index (Phi) is 10.2. The minimum atomic E-state index is -0.617. The second-order valence-corrected chi connectivity index (χ2v) is 9.28. The average molecular weight is 616 g/mol. The predicted molar refractivity (Wildman–Crippen MR) is 98.5 cm³/mol. The van der Waals surface area contributed by atoms with E-state index in [9.17, 15) is 0 Å². The molecule has 0 bridgehead atoms. The van der Waals surface area contributed by atoms with E-state index in [-0.39, 0.29) is 0 Å². The molecule has 0 aliphatic heterocycles. The number of rotatable bonds is 3. The van der Waals surface area contributed by atoms with Gasteiger partial charge in [0.15, 0.2) is 0 Å². The second-order valence-electron chi connectivity index (χ2n) is 4.37. The van der Waals surface area contributed by atoms with Gasteiger partial charge in [-0.3, -0.25) is 0 Å². The fourth-order valence-corrected chi connectivity index (χ4v) is 3.32. The van der Waals surface area contributed by atoms with Gasteiger partial charge in [0.05, 0.1) is 12.1 Å². The molecule has 0 saturated heterocycles. The zero-order valence-electron chi connectivity index (χ0n) is 11.4. The first kappa shape index (κ1) is 21.8. The third-order valence-electron chi connectivity index (χ3n) is 3.05. The number of hydrogen-bond donors (Lipinski definition) is 2. The van der Waals surface area contributed by atoms with E-state index in [4.69, 9.17) is 76.7 Å². The van der Waals surface area contributed by atoms with E-state index < -0.39 is 28.6 Å². The molecule has 0 spiro atoms. The minimum absolute atomic E-state index is 0.462. The summed E-state index contributed by atoms with van der Waals surface area (Å²) in [4.78, 5) is 0. The topological polar surface area (TPSA) is 52.0 Å². The summed E-state index contributed by atoms with van der Waals surface area (Å²) in [5.41, 5.74) is 13.6. The van der Waals surface area contributed by atoms with Crippen LogP contribution in [0.25, 0.3) is 0 Å². The van der Waals surface area contributed by atoms with Crippen LogP contribution in [0.5, 0.6) is 0 Å². The molecule has 0 radical (unpaired) electrons. The molecule has 0 fully saturated rings. The second kappa shape index (κ2) is 10.7. The Morgan fingerprint density at radius 1 is 0.652 bits per heavy atom. The van der Waals surface area contributed by atoms with Gasteiger partial charge in [0.25, 0.3) is 0 Å². The van der Waals surface area contributed by atoms with E-state index in [2.05, 4.69) is 0 Å². The Morgan fingerprint density at radius 2 is 0.870 bits per heavy atom. The Morgan fingerprint density at radius 3 is 1.09 bits per heavy atom. The van der Waals surface area contributed by atoms with Crippen molar-refractivity contribution in [2.45, 2.75) is 12.1 Å². The Labute approximate surface area is 171 Å². The van der Waals surface area contributed by atoms with Crippen molar-refractivity contribution >= 4 is 65.2 Å². The van der Waals surface area contributed by atoms with Crippen LogP contribution in [0.15, 0.2) is 36.4 Å². The summed E-state index contributed by atoms with van der Waals surface area (Å²) in [5.74, 6) is 0. The van der Waals surface area contributed by atoms with Crippen LogP contribution in [0.1, 0.15) is 23.2 Å². The molecule has 2 atom stereocenters. The Balaban J connectivity index is 0.000000816. The van der Waals surface area contributed by atoms with E-state index in [1.54, 1.807) is 36.4 Å². The zero-order chi connectivity index (χ0) is 17.6. The van der Waals surface area contributed by atoms with Crippen LogP contribution in [0.2, 0.25) is 20.1 Å². The molecule has 4 N–H and O–H groups in total. The van der Waals surface area contributed by atoms with Crippen LogP contribution in [0, 0.1) is 0 Å². The van der Waals surface area contributed by atoms with E-state index in [0.29, 0.717) is 31.2 Å². The van der Waals surface area contributed by atoms with Gasteiger partial charge < -0.3 is 11.5 Å². The maximum atomic E-state index is 6.20. The van der Waals surface area contributed by atoms with Crippen LogP contribution in [-0.4, -0.2) is 0 Å². The van der Waals surface area contributed by atoms with Gasteiger partial charge in [-0.2, -0.15) is 0 Å². The van der Waals surface area contributed by atoms with Crippen LogP contribution in [0.4, 0.5) is 0 Å². The van der Waals surface area contributed by atoms with Crippen molar-refractivity contribution in [2.24, 2.45) is 11.5 Å². The normalized spacial score (nSPS) is 13.2. The van der Waals surface area contributed by atoms with Crippen molar-refractivity contribution in [3.05, 3.63) is 67.6 Å². The molecule has 0 heterocycles. The standard InChI is InChI=1S/C14H12Cl4N2.2ClH.Pt/c15-7-3-1-4-8(16)11(7)13(19)14(20)12-9(17)5-2-6-10(12)18;;;/h1-6,13-14H,19-20H2;2*1H;/q;;;+2/p-2/t13-,14+;;;. The van der Waals surface area contributed by atoms with Crippen molar-refractivity contribution in [1.29, 1.82) is 0 Å². The zero-order valence-corrected chi connectivity index (χ0v) is 18.2. The average Bonchev–Trinajstić information content (AvgIpc) is 2.47. The number of hydrogen-bond acceptors (Lipinski definition) is 2. The first-order valence-corrected chi connectivity index (χ1v) is 13.2. The molecular weight excluding hydrogens is 604 g/mol. The number of benzene rings is 2. The number of nitrogens with two attached hydrogens (primary N) is 2. The van der Waals surface area contributed by atoms with Crippen molar-refractivity contribution in [3.8, 4) is 0 Å². The van der Waals surface area contributed by atoms with E-state index in [0.717, 1.165) is 0 Å². The van der Waals surface area contributed by atoms with Crippen molar-refractivity contribution in [3.63, 3.8) is 0 Å². The summed E-state index contributed by atoms with van der Waals surface area (Å²) in [6, 6.07) is 9.10. The van der Waals surface area contributed by atoms with Crippen molar-refractivity contribution in [2.75, 3.05) is 0 Å². The summed E-state index contributed by atoms with van der Waals surface area (Å²) in [5, 5.41) is 1.85. The molecule has 2 aromatic rings. The van der Waals surface area contributed by atoms with Gasteiger partial charge in [0.2, 0.25) is 0 Å². The monoisotopic (exact) mass is 613 g/mol. The predicted octanol–water partition coefficient (Wildman–Crippen LogP) is 6.38. The maximum absolute atomic E-state index is 6.20. The summed E-state index contributed by atoms with van der Waals surface area (Å²) < 4.78 is 0. The molecule has 0 aliphatic rings. The third-order valence-corrected chi connectivity index (χ3v) is 4.37. The fraction of sp³-hybridized carbons (Fsp3) is 0.143. The van der Waals surface area contributed by atoms with Crippen LogP contribution in [-0.2, 0) is 16.5 Å². The van der Waals surface area contributed by atoms with Gasteiger partial charge in [-0.15, -0.1) is 0 Å². The molecule has 130 valence electrons.